The van der Waals surface area contributed by atoms with Crippen LogP contribution in [-0.2, 0) is 19.2 Å². The molecule has 5 N–H and O–H groups in total. The van der Waals surface area contributed by atoms with E-state index in [4.69, 9.17) is 5.73 Å². The number of nitrogens with one attached hydrogen (secondary N) is 3. The second-order valence-electron chi connectivity index (χ2n) is 12.2. The Kier molecular flexibility index (Phi) is 9.30. The van der Waals surface area contributed by atoms with Crippen molar-refractivity contribution >= 4 is 29.5 Å². The Morgan fingerprint density at radius 1 is 0.914 bits per heavy atom. The van der Waals surface area contributed by atoms with Gasteiger partial charge in [-0.05, 0) is 57.3 Å². The normalized spacial score (nSPS) is 18.0. The van der Waals surface area contributed by atoms with E-state index < -0.39 is 46.7 Å². The molecule has 10 heteroatoms. The number of hydrogen-bond acceptors (Lipinski definition) is 5. The molecule has 2 rings (SSSR count). The van der Waals surface area contributed by atoms with Crippen molar-refractivity contribution < 1.29 is 24.0 Å². The van der Waals surface area contributed by atoms with Crippen molar-refractivity contribution in [3.63, 3.8) is 0 Å². The summed E-state index contributed by atoms with van der Waals surface area (Å²) in [7, 11) is 0. The maximum atomic E-state index is 13.6. The topological polar surface area (TPSA) is 151 Å². The smallest absolute Gasteiger partial charge is 0.315 e. The predicted octanol–water partition coefficient (Wildman–Crippen LogP) is 1.47. The molecule has 5 amide bonds. The SMILES string of the molecule is CC(C)(C)NC(=O)N[C@H](C(=O)N(CC(=O)NC(CC1CCC1)C(=O)C(N)=O)CC1CC1)C(C)(C)C. The Bertz CT molecular complexity index is 821. The van der Waals surface area contributed by atoms with Crippen LogP contribution in [0.1, 0.15) is 80.1 Å². The van der Waals surface area contributed by atoms with E-state index in [9.17, 15) is 24.0 Å². The van der Waals surface area contributed by atoms with Gasteiger partial charge >= 0.3 is 6.03 Å². The van der Waals surface area contributed by atoms with Crippen LogP contribution < -0.4 is 21.7 Å². The third-order valence-corrected chi connectivity index (χ3v) is 6.39. The summed E-state index contributed by atoms with van der Waals surface area (Å²) in [5.41, 5.74) is 4.11. The summed E-state index contributed by atoms with van der Waals surface area (Å²) in [4.78, 5) is 64.4. The van der Waals surface area contributed by atoms with Gasteiger partial charge < -0.3 is 26.6 Å². The fourth-order valence-electron chi connectivity index (χ4n) is 4.06. The summed E-state index contributed by atoms with van der Waals surface area (Å²) < 4.78 is 0. The number of primary amides is 1. The highest BCUT2D eigenvalue weighted by atomic mass is 16.2. The molecule has 0 aromatic carbocycles. The Labute approximate surface area is 208 Å². The average Bonchev–Trinajstić information content (AvgIpc) is 3.48. The van der Waals surface area contributed by atoms with Crippen LogP contribution in [0.2, 0.25) is 0 Å². The van der Waals surface area contributed by atoms with Gasteiger partial charge in [-0.25, -0.2) is 4.79 Å². The molecule has 198 valence electrons. The molecule has 0 spiro atoms. The number of rotatable bonds is 11. The average molecular weight is 494 g/mol. The van der Waals surface area contributed by atoms with Gasteiger partial charge in [0.15, 0.2) is 0 Å². The fourth-order valence-corrected chi connectivity index (χ4v) is 4.06. The van der Waals surface area contributed by atoms with Crippen molar-refractivity contribution in [2.24, 2.45) is 23.0 Å². The molecule has 0 heterocycles. The highest BCUT2D eigenvalue weighted by Gasteiger charge is 2.39. The zero-order valence-electron chi connectivity index (χ0n) is 22.0. The number of nitrogens with zero attached hydrogens (tertiary/aromatic N) is 1. The van der Waals surface area contributed by atoms with Gasteiger partial charge in [0.2, 0.25) is 17.6 Å². The van der Waals surface area contributed by atoms with Crippen molar-refractivity contribution in [1.29, 1.82) is 0 Å². The van der Waals surface area contributed by atoms with Crippen molar-refractivity contribution in [1.82, 2.24) is 20.9 Å². The Balaban J connectivity index is 2.14. The molecular formula is C25H43N5O5. The number of amides is 5. The van der Waals surface area contributed by atoms with Crippen LogP contribution in [0.25, 0.3) is 0 Å². The molecule has 10 nitrogen and oxygen atoms in total. The quantitative estimate of drug-likeness (QED) is 0.321. The molecule has 1 unspecified atom stereocenters. The van der Waals surface area contributed by atoms with E-state index in [0.717, 1.165) is 32.1 Å². The zero-order chi connectivity index (χ0) is 26.6. The van der Waals surface area contributed by atoms with Gasteiger partial charge in [-0.3, -0.25) is 19.2 Å². The van der Waals surface area contributed by atoms with Crippen LogP contribution in [0.4, 0.5) is 4.79 Å². The largest absolute Gasteiger partial charge is 0.363 e. The van der Waals surface area contributed by atoms with Crippen molar-refractivity contribution in [3.05, 3.63) is 0 Å². The second kappa shape index (κ2) is 11.4. The van der Waals surface area contributed by atoms with Crippen molar-refractivity contribution in [3.8, 4) is 0 Å². The lowest BCUT2D eigenvalue weighted by atomic mass is 9.80. The Morgan fingerprint density at radius 2 is 1.51 bits per heavy atom. The third kappa shape index (κ3) is 9.49. The van der Waals surface area contributed by atoms with E-state index in [0.29, 0.717) is 18.9 Å². The zero-order valence-corrected chi connectivity index (χ0v) is 22.0. The number of hydrogen-bond donors (Lipinski definition) is 4. The first kappa shape index (κ1) is 28.6. The number of nitrogens with two attached hydrogens (primary N) is 1. The first-order valence-electron chi connectivity index (χ1n) is 12.6. The van der Waals surface area contributed by atoms with Crippen LogP contribution in [0.5, 0.6) is 0 Å². The van der Waals surface area contributed by atoms with Gasteiger partial charge in [0.25, 0.3) is 5.91 Å². The standard InChI is InChI=1S/C25H43N5O5/c1-24(2,3)20(28-23(35)29-25(4,5)6)22(34)30(13-16-10-11-16)14-18(31)27-17(19(32)21(26)33)12-15-8-7-9-15/h15-17,20H,7-14H2,1-6H3,(H2,26,33)(H,27,31)(H2,28,29,35)/t17?,20-/m1/s1. The maximum Gasteiger partial charge on any atom is 0.315 e. The molecule has 2 saturated carbocycles. The van der Waals surface area contributed by atoms with Gasteiger partial charge in [-0.15, -0.1) is 0 Å². The molecule has 0 radical (unpaired) electrons. The van der Waals surface area contributed by atoms with Crippen LogP contribution in [0.3, 0.4) is 0 Å². The molecule has 0 aromatic heterocycles. The lowest BCUT2D eigenvalue weighted by Gasteiger charge is -2.36. The molecule has 2 atom stereocenters. The summed E-state index contributed by atoms with van der Waals surface area (Å²) in [5, 5.41) is 8.24. The van der Waals surface area contributed by atoms with E-state index in [2.05, 4.69) is 16.0 Å². The van der Waals surface area contributed by atoms with E-state index >= 15 is 0 Å². The second-order valence-corrected chi connectivity index (χ2v) is 12.2. The monoisotopic (exact) mass is 493 g/mol. The van der Waals surface area contributed by atoms with E-state index in [1.54, 1.807) is 0 Å². The summed E-state index contributed by atoms with van der Waals surface area (Å²) in [6, 6.07) is -2.32. The molecule has 0 aromatic rings. The molecule has 2 aliphatic rings. The number of carbonyl (C=O) groups excluding carboxylic acids is 5. The first-order chi connectivity index (χ1) is 16.1. The highest BCUT2D eigenvalue weighted by molar-refractivity contribution is 6.37. The van der Waals surface area contributed by atoms with Crippen LogP contribution in [-0.4, -0.2) is 65.1 Å². The molecule has 2 fully saturated rings. The molecular weight excluding hydrogens is 450 g/mol. The molecule has 2 aliphatic carbocycles. The summed E-state index contributed by atoms with van der Waals surface area (Å²) >= 11 is 0. The van der Waals surface area contributed by atoms with Gasteiger partial charge in [0, 0.05) is 12.1 Å². The van der Waals surface area contributed by atoms with Crippen LogP contribution >= 0.6 is 0 Å². The lowest BCUT2D eigenvalue weighted by molar-refractivity contribution is -0.141. The number of ketones is 1. The summed E-state index contributed by atoms with van der Waals surface area (Å²) in [6.07, 6.45) is 5.25. The van der Waals surface area contributed by atoms with Crippen LogP contribution in [0, 0.1) is 17.3 Å². The van der Waals surface area contributed by atoms with E-state index in [1.165, 1.54) is 4.90 Å². The maximum absolute atomic E-state index is 13.6. The van der Waals surface area contributed by atoms with E-state index in [1.807, 2.05) is 41.5 Å². The molecule has 0 aliphatic heterocycles. The predicted molar refractivity (Wildman–Crippen MR) is 132 cm³/mol. The van der Waals surface area contributed by atoms with Gasteiger partial charge in [0.05, 0.1) is 12.6 Å². The molecule has 35 heavy (non-hydrogen) atoms. The number of urea groups is 1. The first-order valence-corrected chi connectivity index (χ1v) is 12.6. The molecule has 0 saturated heterocycles. The van der Waals surface area contributed by atoms with Crippen molar-refractivity contribution in [2.75, 3.05) is 13.1 Å². The Hall–Kier alpha value is -2.65. The number of carbonyl (C=O) groups is 5. The minimum Gasteiger partial charge on any atom is -0.363 e. The van der Waals surface area contributed by atoms with Crippen LogP contribution in [0.15, 0.2) is 0 Å². The van der Waals surface area contributed by atoms with E-state index in [-0.39, 0.29) is 18.4 Å². The van der Waals surface area contributed by atoms with Gasteiger partial charge in [-0.2, -0.15) is 0 Å². The van der Waals surface area contributed by atoms with Gasteiger partial charge in [-0.1, -0.05) is 40.0 Å². The fraction of sp³-hybridized carbons (Fsp3) is 0.800. The third-order valence-electron chi connectivity index (χ3n) is 6.39. The summed E-state index contributed by atoms with van der Waals surface area (Å²) in [5.74, 6) is -2.22. The summed E-state index contributed by atoms with van der Waals surface area (Å²) in [6.45, 7) is 11.2. The van der Waals surface area contributed by atoms with Gasteiger partial charge in [0.1, 0.15) is 6.04 Å². The minimum absolute atomic E-state index is 0.266. The lowest BCUT2D eigenvalue weighted by Crippen LogP contribution is -2.60. The van der Waals surface area contributed by atoms with Crippen molar-refractivity contribution in [2.45, 2.75) is 97.7 Å². The number of Topliss-reactive ketones (excluding diaryl/α,β-unsaturated/α-hetero) is 1. The Morgan fingerprint density at radius 3 is 1.94 bits per heavy atom. The minimum atomic E-state index is -1.08. The molecule has 0 bridgehead atoms. The highest BCUT2D eigenvalue weighted by Crippen LogP contribution is 2.32.